The average Bonchev–Trinajstić information content (AvgIpc) is 2.73. The summed E-state index contributed by atoms with van der Waals surface area (Å²) in [5.41, 5.74) is 1.63. The molecule has 2 aromatic heterocycles. The lowest BCUT2D eigenvalue weighted by atomic mass is 10.1. The van der Waals surface area contributed by atoms with Crippen LogP contribution in [0.1, 0.15) is 20.3 Å². The Kier molecular flexibility index (Phi) is 3.03. The van der Waals surface area contributed by atoms with Crippen molar-refractivity contribution >= 4 is 17.0 Å². The van der Waals surface area contributed by atoms with Gasteiger partial charge in [-0.05, 0) is 12.3 Å². The van der Waals surface area contributed by atoms with E-state index in [4.69, 9.17) is 0 Å². The van der Waals surface area contributed by atoms with Crippen LogP contribution in [0.15, 0.2) is 12.7 Å². The lowest BCUT2D eigenvalue weighted by Gasteiger charge is -2.19. The van der Waals surface area contributed by atoms with Crippen LogP contribution in [-0.4, -0.2) is 33.5 Å². The van der Waals surface area contributed by atoms with E-state index < -0.39 is 0 Å². The van der Waals surface area contributed by atoms with Crippen molar-refractivity contribution in [2.75, 3.05) is 18.5 Å². The second kappa shape index (κ2) is 4.47. The molecule has 2 rings (SSSR count). The summed E-state index contributed by atoms with van der Waals surface area (Å²) in [4.78, 5) is 17.7. The number of aromatic nitrogens is 4. The maximum atomic E-state index is 4.30. The van der Waals surface area contributed by atoms with Crippen molar-refractivity contribution < 1.29 is 0 Å². The van der Waals surface area contributed by atoms with Gasteiger partial charge in [0.1, 0.15) is 11.8 Å². The lowest BCUT2D eigenvalue weighted by Crippen LogP contribution is -2.21. The first-order chi connectivity index (χ1) is 7.68. The highest BCUT2D eigenvalue weighted by Crippen LogP contribution is 2.18. The highest BCUT2D eigenvalue weighted by atomic mass is 15.2. The van der Waals surface area contributed by atoms with E-state index in [1.54, 1.807) is 12.7 Å². The van der Waals surface area contributed by atoms with Gasteiger partial charge in [0.2, 0.25) is 0 Å². The van der Waals surface area contributed by atoms with Crippen molar-refractivity contribution in [3.05, 3.63) is 12.7 Å². The molecule has 0 aliphatic rings. The molecule has 1 N–H and O–H groups in total. The van der Waals surface area contributed by atoms with E-state index in [0.717, 1.165) is 29.9 Å². The van der Waals surface area contributed by atoms with Crippen molar-refractivity contribution in [2.24, 2.45) is 5.92 Å². The Bertz CT molecular complexity index is 462. The molecule has 5 nitrogen and oxygen atoms in total. The molecule has 0 spiro atoms. The second-order valence-corrected chi connectivity index (χ2v) is 4.40. The molecule has 86 valence electrons. The molecule has 0 amide bonds. The molecule has 5 heteroatoms. The van der Waals surface area contributed by atoms with Crippen LogP contribution in [0, 0.1) is 5.92 Å². The standard InChI is InChI=1S/C11H17N5/c1-8(2)4-5-16(3)11-9-10(13-6-12-9)14-7-15-11/h6-8H,4-5H2,1-3H3,(H,12,13,14,15). The topological polar surface area (TPSA) is 57.7 Å². The number of aromatic amines is 1. The second-order valence-electron chi connectivity index (χ2n) is 4.40. The van der Waals surface area contributed by atoms with Crippen molar-refractivity contribution in [3.63, 3.8) is 0 Å². The van der Waals surface area contributed by atoms with Gasteiger partial charge in [0.05, 0.1) is 6.33 Å². The van der Waals surface area contributed by atoms with Gasteiger partial charge in [-0.2, -0.15) is 0 Å². The fourth-order valence-corrected chi connectivity index (χ4v) is 1.60. The van der Waals surface area contributed by atoms with Crippen LogP contribution in [0.25, 0.3) is 11.2 Å². The van der Waals surface area contributed by atoms with Crippen molar-refractivity contribution in [1.29, 1.82) is 0 Å². The Labute approximate surface area is 94.9 Å². The maximum Gasteiger partial charge on any atom is 0.182 e. The summed E-state index contributed by atoms with van der Waals surface area (Å²) < 4.78 is 0. The molecule has 2 aromatic rings. The Hall–Kier alpha value is -1.65. The van der Waals surface area contributed by atoms with Gasteiger partial charge >= 0.3 is 0 Å². The van der Waals surface area contributed by atoms with E-state index in [1.807, 2.05) is 7.05 Å². The highest BCUT2D eigenvalue weighted by molar-refractivity contribution is 5.82. The quantitative estimate of drug-likeness (QED) is 0.852. The Balaban J connectivity index is 2.22. The number of imidazole rings is 1. The van der Waals surface area contributed by atoms with E-state index in [1.165, 1.54) is 0 Å². The van der Waals surface area contributed by atoms with Crippen LogP contribution in [-0.2, 0) is 0 Å². The SMILES string of the molecule is CC(C)CCN(C)c1ncnc2nc[nH]c12. The van der Waals surface area contributed by atoms with Crippen LogP contribution < -0.4 is 4.90 Å². The summed E-state index contributed by atoms with van der Waals surface area (Å²) in [6, 6.07) is 0. The fraction of sp³-hybridized carbons (Fsp3) is 0.545. The highest BCUT2D eigenvalue weighted by Gasteiger charge is 2.10. The number of fused-ring (bicyclic) bond motifs is 1. The summed E-state index contributed by atoms with van der Waals surface area (Å²) in [6.07, 6.45) is 4.36. The van der Waals surface area contributed by atoms with Gasteiger partial charge in [0, 0.05) is 13.6 Å². The molecule has 16 heavy (non-hydrogen) atoms. The molecule has 2 heterocycles. The monoisotopic (exact) mass is 219 g/mol. The lowest BCUT2D eigenvalue weighted by molar-refractivity contribution is 0.584. The number of nitrogens with one attached hydrogen (secondary N) is 1. The number of hydrogen-bond acceptors (Lipinski definition) is 4. The summed E-state index contributed by atoms with van der Waals surface area (Å²) in [6.45, 7) is 5.43. The molecular weight excluding hydrogens is 202 g/mol. The van der Waals surface area contributed by atoms with E-state index in [0.29, 0.717) is 5.92 Å². The smallest absolute Gasteiger partial charge is 0.182 e. The van der Waals surface area contributed by atoms with Crippen LogP contribution in [0.3, 0.4) is 0 Å². The number of anilines is 1. The molecule has 0 aliphatic heterocycles. The zero-order valence-corrected chi connectivity index (χ0v) is 9.94. The molecule has 0 fully saturated rings. The molecule has 0 unspecified atom stereocenters. The average molecular weight is 219 g/mol. The van der Waals surface area contributed by atoms with E-state index in [9.17, 15) is 0 Å². The van der Waals surface area contributed by atoms with Crippen LogP contribution in [0.4, 0.5) is 5.82 Å². The molecule has 0 saturated heterocycles. The number of rotatable bonds is 4. The van der Waals surface area contributed by atoms with Gasteiger partial charge in [-0.1, -0.05) is 13.8 Å². The van der Waals surface area contributed by atoms with Crippen molar-refractivity contribution in [2.45, 2.75) is 20.3 Å². The normalized spacial score (nSPS) is 11.2. The third-order valence-corrected chi connectivity index (χ3v) is 2.61. The molecule has 0 saturated carbocycles. The minimum Gasteiger partial charge on any atom is -0.358 e. The van der Waals surface area contributed by atoms with Gasteiger partial charge < -0.3 is 9.88 Å². The number of H-pyrrole nitrogens is 1. The minimum atomic E-state index is 0.696. The van der Waals surface area contributed by atoms with Crippen molar-refractivity contribution in [1.82, 2.24) is 19.9 Å². The van der Waals surface area contributed by atoms with Crippen LogP contribution in [0.2, 0.25) is 0 Å². The first kappa shape index (κ1) is 10.9. The maximum absolute atomic E-state index is 4.30. The van der Waals surface area contributed by atoms with E-state index >= 15 is 0 Å². The van der Waals surface area contributed by atoms with E-state index in [-0.39, 0.29) is 0 Å². The van der Waals surface area contributed by atoms with Gasteiger partial charge in [0.15, 0.2) is 11.5 Å². The predicted molar refractivity (Wildman–Crippen MR) is 64.4 cm³/mol. The summed E-state index contributed by atoms with van der Waals surface area (Å²) >= 11 is 0. The summed E-state index contributed by atoms with van der Waals surface area (Å²) in [5.74, 6) is 1.62. The van der Waals surface area contributed by atoms with E-state index in [2.05, 4.69) is 38.7 Å². The number of nitrogens with zero attached hydrogens (tertiary/aromatic N) is 4. The molecule has 0 aliphatic carbocycles. The minimum absolute atomic E-state index is 0.696. The molecule has 0 aromatic carbocycles. The van der Waals surface area contributed by atoms with Crippen LogP contribution >= 0.6 is 0 Å². The third-order valence-electron chi connectivity index (χ3n) is 2.61. The third kappa shape index (κ3) is 2.13. The Morgan fingerprint density at radius 1 is 1.31 bits per heavy atom. The molecule has 0 radical (unpaired) electrons. The number of hydrogen-bond donors (Lipinski definition) is 1. The van der Waals surface area contributed by atoms with Gasteiger partial charge in [-0.3, -0.25) is 0 Å². The summed E-state index contributed by atoms with van der Waals surface area (Å²) in [5, 5.41) is 0. The first-order valence-corrected chi connectivity index (χ1v) is 5.53. The predicted octanol–water partition coefficient (Wildman–Crippen LogP) is 1.84. The van der Waals surface area contributed by atoms with Crippen molar-refractivity contribution in [3.8, 4) is 0 Å². The first-order valence-electron chi connectivity index (χ1n) is 5.53. The van der Waals surface area contributed by atoms with Gasteiger partial charge in [-0.25, -0.2) is 15.0 Å². The Morgan fingerprint density at radius 3 is 2.88 bits per heavy atom. The molecular formula is C11H17N5. The van der Waals surface area contributed by atoms with Gasteiger partial charge in [0.25, 0.3) is 0 Å². The fourth-order valence-electron chi connectivity index (χ4n) is 1.60. The zero-order valence-electron chi connectivity index (χ0n) is 9.94. The van der Waals surface area contributed by atoms with Crippen LogP contribution in [0.5, 0.6) is 0 Å². The molecule has 0 bridgehead atoms. The zero-order chi connectivity index (χ0) is 11.5. The molecule has 0 atom stereocenters. The van der Waals surface area contributed by atoms with Gasteiger partial charge in [-0.15, -0.1) is 0 Å². The largest absolute Gasteiger partial charge is 0.358 e. The summed E-state index contributed by atoms with van der Waals surface area (Å²) in [7, 11) is 2.05. The Morgan fingerprint density at radius 2 is 2.12 bits per heavy atom.